The Bertz CT molecular complexity index is 115. The molecule has 0 aliphatic carbocycles. The van der Waals surface area contributed by atoms with Gasteiger partial charge in [0.2, 0.25) is 0 Å². The summed E-state index contributed by atoms with van der Waals surface area (Å²) in [7, 11) is 0. The zero-order valence-electron chi connectivity index (χ0n) is 5.58. The molecule has 0 aromatic heterocycles. The summed E-state index contributed by atoms with van der Waals surface area (Å²) in [4.78, 5) is 2.41. The van der Waals surface area contributed by atoms with Gasteiger partial charge in [-0.15, -0.1) is 0 Å². The lowest BCUT2D eigenvalue weighted by atomic mass is 10.1. The Labute approximate surface area is 55.5 Å². The van der Waals surface area contributed by atoms with Crippen molar-refractivity contribution in [1.82, 2.24) is 4.90 Å². The van der Waals surface area contributed by atoms with E-state index in [1.165, 1.54) is 19.4 Å². The smallest absolute Gasteiger partial charge is 0.0707 e. The molecule has 9 heavy (non-hydrogen) atoms. The summed E-state index contributed by atoms with van der Waals surface area (Å²) in [6, 6.07) is 0.532. The average Bonchev–Trinajstić information content (AvgIpc) is 2.35. The number of rotatable bonds is 0. The Morgan fingerprint density at radius 3 is 2.89 bits per heavy atom. The monoisotopic (exact) mass is 127 g/mol. The van der Waals surface area contributed by atoms with Crippen molar-refractivity contribution in [2.45, 2.75) is 31.4 Å². The summed E-state index contributed by atoms with van der Waals surface area (Å²) >= 11 is 0. The largest absolute Gasteiger partial charge is 0.391 e. The average molecular weight is 127 g/mol. The van der Waals surface area contributed by atoms with Crippen LogP contribution in [0.3, 0.4) is 0 Å². The van der Waals surface area contributed by atoms with Gasteiger partial charge >= 0.3 is 0 Å². The van der Waals surface area contributed by atoms with Crippen LogP contribution in [0.15, 0.2) is 0 Å². The fraction of sp³-hybridized carbons (Fsp3) is 1.00. The highest BCUT2D eigenvalue weighted by atomic mass is 16.3. The fourth-order valence-corrected chi connectivity index (χ4v) is 2.06. The van der Waals surface area contributed by atoms with E-state index < -0.39 is 0 Å². The Morgan fingerprint density at radius 2 is 2.11 bits per heavy atom. The highest BCUT2D eigenvalue weighted by Crippen LogP contribution is 2.27. The molecule has 0 spiro atoms. The van der Waals surface area contributed by atoms with Gasteiger partial charge in [-0.1, -0.05) is 0 Å². The van der Waals surface area contributed by atoms with Crippen LogP contribution < -0.4 is 0 Å². The molecule has 2 atom stereocenters. The molecule has 2 fully saturated rings. The van der Waals surface area contributed by atoms with Crippen molar-refractivity contribution in [1.29, 1.82) is 0 Å². The minimum Gasteiger partial charge on any atom is -0.391 e. The summed E-state index contributed by atoms with van der Waals surface area (Å²) in [5, 5.41) is 9.36. The predicted molar refractivity (Wildman–Crippen MR) is 35.2 cm³/mol. The number of fused-ring (bicyclic) bond motifs is 1. The lowest BCUT2D eigenvalue weighted by Crippen LogP contribution is -2.28. The molecule has 2 saturated heterocycles. The first-order valence-corrected chi connectivity index (χ1v) is 3.80. The molecule has 0 unspecified atom stereocenters. The van der Waals surface area contributed by atoms with Crippen molar-refractivity contribution in [2.75, 3.05) is 13.1 Å². The minimum atomic E-state index is -0.00694. The molecule has 0 radical (unpaired) electrons. The van der Waals surface area contributed by atoms with Crippen LogP contribution in [0.2, 0.25) is 0 Å². The molecule has 2 heterocycles. The van der Waals surface area contributed by atoms with Gasteiger partial charge in [0.25, 0.3) is 0 Å². The van der Waals surface area contributed by atoms with E-state index in [9.17, 15) is 5.11 Å². The van der Waals surface area contributed by atoms with Crippen LogP contribution in [0.1, 0.15) is 19.3 Å². The standard InChI is InChI=1S/C7H13NO/c9-7-3-5-8-4-1-2-6(7)8/h6-7,9H,1-5H2/t6-,7+/m0/s1. The van der Waals surface area contributed by atoms with Gasteiger partial charge < -0.3 is 5.11 Å². The van der Waals surface area contributed by atoms with Crippen LogP contribution in [0.4, 0.5) is 0 Å². The Balaban J connectivity index is 2.07. The maximum absolute atomic E-state index is 9.36. The molecule has 0 aromatic rings. The quantitative estimate of drug-likeness (QED) is 0.503. The van der Waals surface area contributed by atoms with Crippen molar-refractivity contribution in [3.63, 3.8) is 0 Å². The van der Waals surface area contributed by atoms with Crippen molar-refractivity contribution in [2.24, 2.45) is 0 Å². The van der Waals surface area contributed by atoms with E-state index >= 15 is 0 Å². The maximum atomic E-state index is 9.36. The van der Waals surface area contributed by atoms with Crippen LogP contribution in [0.5, 0.6) is 0 Å². The van der Waals surface area contributed by atoms with E-state index in [0.29, 0.717) is 6.04 Å². The van der Waals surface area contributed by atoms with Gasteiger partial charge in [-0.3, -0.25) is 4.90 Å². The van der Waals surface area contributed by atoms with Gasteiger partial charge in [-0.2, -0.15) is 0 Å². The summed E-state index contributed by atoms with van der Waals surface area (Å²) in [5.41, 5.74) is 0. The fourth-order valence-electron chi connectivity index (χ4n) is 2.06. The molecule has 2 aliphatic heterocycles. The third-order valence-electron chi connectivity index (χ3n) is 2.57. The van der Waals surface area contributed by atoms with Gasteiger partial charge in [-0.05, 0) is 25.8 Å². The molecule has 0 aromatic carbocycles. The number of nitrogens with zero attached hydrogens (tertiary/aromatic N) is 1. The van der Waals surface area contributed by atoms with Crippen molar-refractivity contribution < 1.29 is 5.11 Å². The number of hydrogen-bond donors (Lipinski definition) is 1. The third-order valence-corrected chi connectivity index (χ3v) is 2.57. The summed E-state index contributed by atoms with van der Waals surface area (Å²) in [5.74, 6) is 0. The van der Waals surface area contributed by atoms with E-state index in [-0.39, 0.29) is 6.10 Å². The van der Waals surface area contributed by atoms with Gasteiger partial charge in [0.15, 0.2) is 0 Å². The summed E-state index contributed by atoms with van der Waals surface area (Å²) in [6.07, 6.45) is 3.51. The second-order valence-electron chi connectivity index (χ2n) is 3.10. The van der Waals surface area contributed by atoms with Crippen LogP contribution >= 0.6 is 0 Å². The lowest BCUT2D eigenvalue weighted by Gasteiger charge is -2.15. The van der Waals surface area contributed by atoms with Gasteiger partial charge in [0.1, 0.15) is 0 Å². The second kappa shape index (κ2) is 1.96. The molecule has 2 nitrogen and oxygen atoms in total. The Kier molecular flexibility index (Phi) is 1.24. The lowest BCUT2D eigenvalue weighted by molar-refractivity contribution is 0.136. The van der Waals surface area contributed by atoms with Crippen molar-refractivity contribution in [3.8, 4) is 0 Å². The summed E-state index contributed by atoms with van der Waals surface area (Å²) in [6.45, 7) is 2.35. The Hall–Kier alpha value is -0.0800. The number of hydrogen-bond acceptors (Lipinski definition) is 2. The van der Waals surface area contributed by atoms with E-state index in [4.69, 9.17) is 0 Å². The zero-order chi connectivity index (χ0) is 6.27. The minimum absolute atomic E-state index is 0.00694. The van der Waals surface area contributed by atoms with Crippen LogP contribution in [-0.4, -0.2) is 35.2 Å². The molecule has 0 bridgehead atoms. The number of aliphatic hydroxyl groups is 1. The van der Waals surface area contributed by atoms with Gasteiger partial charge in [0, 0.05) is 12.6 Å². The third kappa shape index (κ3) is 0.775. The molecule has 1 N–H and O–H groups in total. The van der Waals surface area contributed by atoms with Crippen molar-refractivity contribution >= 4 is 0 Å². The van der Waals surface area contributed by atoms with E-state index in [1.54, 1.807) is 0 Å². The van der Waals surface area contributed by atoms with Gasteiger partial charge in [-0.25, -0.2) is 0 Å². The van der Waals surface area contributed by atoms with E-state index in [1.807, 2.05) is 0 Å². The predicted octanol–water partition coefficient (Wildman–Crippen LogP) is 0.215. The first-order valence-electron chi connectivity index (χ1n) is 3.80. The van der Waals surface area contributed by atoms with E-state index in [0.717, 1.165) is 13.0 Å². The normalized spacial score (nSPS) is 43.7. The highest BCUT2D eigenvalue weighted by Gasteiger charge is 2.35. The van der Waals surface area contributed by atoms with Crippen LogP contribution in [-0.2, 0) is 0 Å². The molecule has 0 amide bonds. The Morgan fingerprint density at radius 1 is 1.22 bits per heavy atom. The first kappa shape index (κ1) is 5.69. The molecular weight excluding hydrogens is 114 g/mol. The maximum Gasteiger partial charge on any atom is 0.0707 e. The molecule has 2 rings (SSSR count). The van der Waals surface area contributed by atoms with Crippen LogP contribution in [0, 0.1) is 0 Å². The second-order valence-corrected chi connectivity index (χ2v) is 3.10. The molecule has 2 aliphatic rings. The molecular formula is C7H13NO. The summed E-state index contributed by atoms with van der Waals surface area (Å²) < 4.78 is 0. The number of aliphatic hydroxyl groups excluding tert-OH is 1. The SMILES string of the molecule is O[C@@H]1CCN2CCC[C@@H]12. The van der Waals surface area contributed by atoms with Gasteiger partial charge in [0.05, 0.1) is 6.10 Å². The topological polar surface area (TPSA) is 23.5 Å². The molecule has 0 saturated carbocycles. The highest BCUT2D eigenvalue weighted by molar-refractivity contribution is 4.90. The zero-order valence-corrected chi connectivity index (χ0v) is 5.58. The van der Waals surface area contributed by atoms with Crippen molar-refractivity contribution in [3.05, 3.63) is 0 Å². The first-order chi connectivity index (χ1) is 4.38. The molecule has 52 valence electrons. The molecule has 2 heteroatoms. The van der Waals surface area contributed by atoms with Crippen LogP contribution in [0.25, 0.3) is 0 Å². The van der Waals surface area contributed by atoms with E-state index in [2.05, 4.69) is 4.90 Å².